The highest BCUT2D eigenvalue weighted by Gasteiger charge is 2.20. The fourth-order valence-electron chi connectivity index (χ4n) is 2.54. The van der Waals surface area contributed by atoms with Gasteiger partial charge >= 0.3 is 0 Å². The topological polar surface area (TPSA) is 40.7 Å². The van der Waals surface area contributed by atoms with Crippen molar-refractivity contribution in [2.75, 3.05) is 6.54 Å². The lowest BCUT2D eigenvalue weighted by molar-refractivity contribution is 0.613. The normalized spacial score (nSPS) is 19.5. The van der Waals surface area contributed by atoms with E-state index in [-0.39, 0.29) is 0 Å². The summed E-state index contributed by atoms with van der Waals surface area (Å²) in [6.07, 6.45) is 4.45. The molecule has 6 heteroatoms. The number of rotatable bonds is 2. The Kier molecular flexibility index (Phi) is 2.99. The molecule has 4 rings (SSSR count). The Labute approximate surface area is 127 Å². The minimum atomic E-state index is 0.401. The van der Waals surface area contributed by atoms with Crippen LogP contribution in [-0.4, -0.2) is 16.5 Å². The van der Waals surface area contributed by atoms with Gasteiger partial charge < -0.3 is 10.3 Å². The highest BCUT2D eigenvalue weighted by molar-refractivity contribution is 9.10. The highest BCUT2D eigenvalue weighted by Crippen LogP contribution is 2.41. The number of aromatic nitrogens is 2. The Hall–Kier alpha value is -0.690. The van der Waals surface area contributed by atoms with Crippen molar-refractivity contribution < 1.29 is 0 Å². The molecule has 0 amide bonds. The molecule has 0 bridgehead atoms. The van der Waals surface area contributed by atoms with E-state index in [1.807, 2.05) is 6.20 Å². The zero-order valence-corrected chi connectivity index (χ0v) is 13.3. The zero-order valence-electron chi connectivity index (χ0n) is 10.1. The van der Waals surface area contributed by atoms with Crippen LogP contribution >= 0.6 is 38.6 Å². The Balaban J connectivity index is 1.75. The second kappa shape index (κ2) is 4.70. The number of imidazole rings is 1. The number of nitrogens with zero attached hydrogens (tertiary/aromatic N) is 1. The third kappa shape index (κ3) is 1.98. The smallest absolute Gasteiger partial charge is 0.124 e. The average molecular weight is 354 g/mol. The van der Waals surface area contributed by atoms with Crippen LogP contribution in [0.4, 0.5) is 0 Å². The molecular weight excluding hydrogens is 342 g/mol. The van der Waals surface area contributed by atoms with Gasteiger partial charge in [0.15, 0.2) is 0 Å². The van der Waals surface area contributed by atoms with E-state index in [1.165, 1.54) is 32.3 Å². The molecule has 3 aromatic heterocycles. The number of hydrogen-bond acceptors (Lipinski definition) is 4. The molecule has 1 aliphatic heterocycles. The summed E-state index contributed by atoms with van der Waals surface area (Å²) in [6.45, 7) is 1.10. The molecule has 3 aromatic rings. The zero-order chi connectivity index (χ0) is 12.8. The molecule has 19 heavy (non-hydrogen) atoms. The van der Waals surface area contributed by atoms with E-state index in [9.17, 15) is 0 Å². The molecule has 0 saturated carbocycles. The fourth-order valence-corrected chi connectivity index (χ4v) is 5.58. The van der Waals surface area contributed by atoms with Crippen LogP contribution < -0.4 is 5.32 Å². The van der Waals surface area contributed by atoms with Gasteiger partial charge in [0, 0.05) is 27.0 Å². The monoisotopic (exact) mass is 353 g/mol. The number of H-pyrrole nitrogens is 1. The van der Waals surface area contributed by atoms with E-state index in [2.05, 4.69) is 37.0 Å². The lowest BCUT2D eigenvalue weighted by Gasteiger charge is -2.04. The average Bonchev–Trinajstić information content (AvgIpc) is 3.14. The molecule has 0 aromatic carbocycles. The van der Waals surface area contributed by atoms with E-state index in [0.29, 0.717) is 6.04 Å². The second-order valence-corrected chi connectivity index (χ2v) is 7.32. The summed E-state index contributed by atoms with van der Waals surface area (Å²) in [5.41, 5.74) is 2.31. The molecule has 0 spiro atoms. The van der Waals surface area contributed by atoms with E-state index < -0.39 is 0 Å². The Bertz CT molecular complexity index is 721. The summed E-state index contributed by atoms with van der Waals surface area (Å²) in [6, 6.07) is 0.401. The maximum atomic E-state index is 4.77. The molecule has 2 N–H and O–H groups in total. The molecule has 1 atom stereocenters. The van der Waals surface area contributed by atoms with E-state index in [1.54, 1.807) is 22.7 Å². The van der Waals surface area contributed by atoms with Gasteiger partial charge in [0.1, 0.15) is 5.82 Å². The van der Waals surface area contributed by atoms with Crippen LogP contribution in [0.2, 0.25) is 0 Å². The van der Waals surface area contributed by atoms with Gasteiger partial charge in [-0.1, -0.05) is 0 Å². The number of thiophene rings is 2. The van der Waals surface area contributed by atoms with Crippen molar-refractivity contribution >= 4 is 48.0 Å². The predicted molar refractivity (Wildman–Crippen MR) is 85.0 cm³/mol. The van der Waals surface area contributed by atoms with Gasteiger partial charge in [-0.3, -0.25) is 0 Å². The van der Waals surface area contributed by atoms with E-state index >= 15 is 0 Å². The molecule has 4 heterocycles. The van der Waals surface area contributed by atoms with Gasteiger partial charge in [0.05, 0.1) is 21.1 Å². The lowest BCUT2D eigenvalue weighted by Crippen LogP contribution is -2.14. The lowest BCUT2D eigenvalue weighted by atomic mass is 10.2. The largest absolute Gasteiger partial charge is 0.347 e. The first-order valence-electron chi connectivity index (χ1n) is 6.26. The predicted octanol–water partition coefficient (Wildman–Crippen LogP) is 4.54. The quantitative estimate of drug-likeness (QED) is 0.709. The Morgan fingerprint density at radius 2 is 2.16 bits per heavy atom. The van der Waals surface area contributed by atoms with E-state index in [0.717, 1.165) is 18.1 Å². The minimum absolute atomic E-state index is 0.401. The molecule has 3 nitrogen and oxygen atoms in total. The van der Waals surface area contributed by atoms with Crippen molar-refractivity contribution in [3.05, 3.63) is 27.3 Å². The number of aromatic amines is 1. The van der Waals surface area contributed by atoms with Gasteiger partial charge in [-0.2, -0.15) is 0 Å². The van der Waals surface area contributed by atoms with Gasteiger partial charge in [0.2, 0.25) is 0 Å². The Morgan fingerprint density at radius 3 is 3.00 bits per heavy atom. The summed E-state index contributed by atoms with van der Waals surface area (Å²) >= 11 is 7.15. The van der Waals surface area contributed by atoms with Crippen molar-refractivity contribution in [3.8, 4) is 11.3 Å². The Morgan fingerprint density at radius 1 is 1.26 bits per heavy atom. The van der Waals surface area contributed by atoms with Crippen LogP contribution in [0.5, 0.6) is 0 Å². The summed E-state index contributed by atoms with van der Waals surface area (Å²) in [5, 5.41) is 7.83. The third-order valence-electron chi connectivity index (χ3n) is 3.51. The maximum Gasteiger partial charge on any atom is 0.124 e. The van der Waals surface area contributed by atoms with Gasteiger partial charge in [-0.05, 0) is 35.3 Å². The molecular formula is C13H12BrN3S2. The minimum Gasteiger partial charge on any atom is -0.347 e. The standard InChI is InChI=1S/C13H12BrN3S2/c14-8-6-19-11-7(5-18-12(8)11)10-4-16-13(17-10)9-2-1-3-15-9/h4-6,9,15H,1-3H2,(H,16,17). The molecule has 1 unspecified atom stereocenters. The first-order chi connectivity index (χ1) is 9.33. The number of nitrogens with one attached hydrogen (secondary N) is 2. The number of fused-ring (bicyclic) bond motifs is 1. The molecule has 1 aliphatic rings. The summed E-state index contributed by atoms with van der Waals surface area (Å²) in [5.74, 6) is 1.07. The summed E-state index contributed by atoms with van der Waals surface area (Å²) in [4.78, 5) is 8.11. The summed E-state index contributed by atoms with van der Waals surface area (Å²) in [7, 11) is 0. The van der Waals surface area contributed by atoms with Crippen LogP contribution in [0.1, 0.15) is 24.7 Å². The van der Waals surface area contributed by atoms with Crippen molar-refractivity contribution in [2.45, 2.75) is 18.9 Å². The van der Waals surface area contributed by atoms with Gasteiger partial charge in [-0.15, -0.1) is 22.7 Å². The number of hydrogen-bond donors (Lipinski definition) is 2. The maximum absolute atomic E-state index is 4.77. The SMILES string of the molecule is Brc1csc2c(-c3c[nH]c(C4CCCN4)n3)csc12. The van der Waals surface area contributed by atoms with Crippen LogP contribution in [0.3, 0.4) is 0 Å². The van der Waals surface area contributed by atoms with Crippen LogP contribution in [0, 0.1) is 0 Å². The molecule has 1 saturated heterocycles. The van der Waals surface area contributed by atoms with Crippen LogP contribution in [0.25, 0.3) is 20.7 Å². The van der Waals surface area contributed by atoms with Crippen LogP contribution in [0.15, 0.2) is 21.4 Å². The van der Waals surface area contributed by atoms with Crippen molar-refractivity contribution in [1.82, 2.24) is 15.3 Å². The number of halogens is 1. The van der Waals surface area contributed by atoms with Gasteiger partial charge in [-0.25, -0.2) is 4.98 Å². The van der Waals surface area contributed by atoms with E-state index in [4.69, 9.17) is 4.98 Å². The molecule has 0 radical (unpaired) electrons. The van der Waals surface area contributed by atoms with Gasteiger partial charge in [0.25, 0.3) is 0 Å². The first-order valence-corrected chi connectivity index (χ1v) is 8.81. The second-order valence-electron chi connectivity index (χ2n) is 4.71. The molecule has 0 aliphatic carbocycles. The fraction of sp³-hybridized carbons (Fsp3) is 0.308. The highest BCUT2D eigenvalue weighted by atomic mass is 79.9. The van der Waals surface area contributed by atoms with Crippen molar-refractivity contribution in [2.24, 2.45) is 0 Å². The van der Waals surface area contributed by atoms with Crippen LogP contribution in [-0.2, 0) is 0 Å². The first kappa shape index (κ1) is 12.1. The van der Waals surface area contributed by atoms with Crippen molar-refractivity contribution in [1.29, 1.82) is 0 Å². The summed E-state index contributed by atoms with van der Waals surface area (Å²) < 4.78 is 3.84. The van der Waals surface area contributed by atoms with Crippen molar-refractivity contribution in [3.63, 3.8) is 0 Å². The molecule has 98 valence electrons. The molecule has 1 fully saturated rings. The third-order valence-corrected chi connectivity index (χ3v) is 6.85.